The Bertz CT molecular complexity index is 975. The normalized spacial score (nSPS) is 63.1. The Hall–Kier alpha value is -0.650. The molecule has 2 saturated heterocycles. The van der Waals surface area contributed by atoms with Crippen molar-refractivity contribution in [2.45, 2.75) is 118 Å². The highest BCUT2D eigenvalue weighted by Gasteiger charge is 2.84. The van der Waals surface area contributed by atoms with Crippen molar-refractivity contribution in [3.8, 4) is 0 Å². The quantitative estimate of drug-likeness (QED) is 0.224. The highest BCUT2D eigenvalue weighted by molar-refractivity contribution is 5.87. The van der Waals surface area contributed by atoms with E-state index in [0.29, 0.717) is 31.7 Å². The zero-order valence-electron chi connectivity index (χ0n) is 21.6. The van der Waals surface area contributed by atoms with E-state index in [1.807, 2.05) is 6.92 Å². The zero-order valence-corrected chi connectivity index (χ0v) is 21.6. The summed E-state index contributed by atoms with van der Waals surface area (Å²) in [7, 11) is 0. The average molecular weight is 510 g/mol. The highest BCUT2D eigenvalue weighted by atomic mass is 16.4. The SMILES string of the molecule is C[C@@H]1CC[C@@H]2N(C1)C[C@@H]1[C@@](O)([C@H](O)C[C@]3(O)[C@@H]4CC[C@@H]5C(=O)[C@H](O)CC[C@]5(C)[C@]4(O)C[C@]13O)[C@]2(C)O. The third-order valence-corrected chi connectivity index (χ3v) is 12.5. The molecular formula is C27H43NO8. The second-order valence-corrected chi connectivity index (χ2v) is 13.9. The molecule has 4 saturated carbocycles. The largest absolute Gasteiger partial charge is 0.390 e. The van der Waals surface area contributed by atoms with Gasteiger partial charge in [0.05, 0.1) is 11.7 Å². The van der Waals surface area contributed by atoms with Gasteiger partial charge in [0.1, 0.15) is 28.5 Å². The standard InChI is InChI=1S/C27H43NO8/c1-14-4-7-19-23(3,32)27(36)18(12-28(19)11-14)26(35)13-25(34)17(24(26,33)10-20(27)30)6-5-15-21(31)16(29)8-9-22(15,25)2/h14-20,29-30,32-36H,4-13H2,1-3H3/t14-,15-,16-,17+,18+,19+,20-,22+,23-,24+,25+,26+,27-/m1/s1. The first-order chi connectivity index (χ1) is 16.6. The van der Waals surface area contributed by atoms with Crippen molar-refractivity contribution in [1.82, 2.24) is 4.90 Å². The number of fused-ring (bicyclic) bond motifs is 8. The molecule has 204 valence electrons. The van der Waals surface area contributed by atoms with Gasteiger partial charge in [-0.05, 0) is 51.4 Å². The third kappa shape index (κ3) is 2.62. The van der Waals surface area contributed by atoms with Crippen LogP contribution in [0.15, 0.2) is 0 Å². The van der Waals surface area contributed by atoms with E-state index in [0.717, 1.165) is 6.42 Å². The number of nitrogens with zero attached hydrogens (tertiary/aromatic N) is 1. The van der Waals surface area contributed by atoms with Crippen LogP contribution in [0.4, 0.5) is 0 Å². The predicted molar refractivity (Wildman–Crippen MR) is 127 cm³/mol. The molecule has 0 bridgehead atoms. The van der Waals surface area contributed by atoms with E-state index in [9.17, 15) is 40.5 Å². The fraction of sp³-hybridized carbons (Fsp3) is 0.963. The van der Waals surface area contributed by atoms with Gasteiger partial charge in [-0.25, -0.2) is 0 Å². The van der Waals surface area contributed by atoms with Gasteiger partial charge < -0.3 is 35.7 Å². The number of rotatable bonds is 0. The Kier molecular flexibility index (Phi) is 5.19. The Balaban J connectivity index is 1.47. The Morgan fingerprint density at radius 3 is 2.22 bits per heavy atom. The van der Waals surface area contributed by atoms with Gasteiger partial charge >= 0.3 is 0 Å². The minimum Gasteiger partial charge on any atom is -0.390 e. The minimum atomic E-state index is -2.08. The van der Waals surface area contributed by atoms with Gasteiger partial charge in [0.25, 0.3) is 0 Å². The molecule has 0 unspecified atom stereocenters. The van der Waals surface area contributed by atoms with Crippen molar-refractivity contribution in [1.29, 1.82) is 0 Å². The van der Waals surface area contributed by atoms with Crippen molar-refractivity contribution >= 4 is 5.78 Å². The number of piperidine rings is 2. The number of ketones is 1. The lowest BCUT2D eigenvalue weighted by molar-refractivity contribution is -0.354. The summed E-state index contributed by atoms with van der Waals surface area (Å²) in [4.78, 5) is 15.0. The molecule has 4 aliphatic carbocycles. The Labute approximate surface area is 212 Å². The second-order valence-electron chi connectivity index (χ2n) is 13.9. The zero-order chi connectivity index (χ0) is 26.3. The number of hydrogen-bond donors (Lipinski definition) is 7. The molecule has 0 aromatic rings. The van der Waals surface area contributed by atoms with Gasteiger partial charge in [-0.15, -0.1) is 0 Å². The summed E-state index contributed by atoms with van der Waals surface area (Å²) in [5.74, 6) is -2.47. The van der Waals surface area contributed by atoms with Crippen LogP contribution in [-0.2, 0) is 4.79 Å². The molecule has 6 rings (SSSR count). The van der Waals surface area contributed by atoms with Gasteiger partial charge in [-0.2, -0.15) is 0 Å². The topological polar surface area (TPSA) is 162 Å². The van der Waals surface area contributed by atoms with E-state index >= 15 is 0 Å². The molecule has 6 aliphatic rings. The number of hydrogen-bond acceptors (Lipinski definition) is 9. The van der Waals surface area contributed by atoms with Gasteiger partial charge in [0, 0.05) is 55.1 Å². The van der Waals surface area contributed by atoms with Crippen LogP contribution in [0.5, 0.6) is 0 Å². The second kappa shape index (κ2) is 7.30. The van der Waals surface area contributed by atoms with E-state index in [2.05, 4.69) is 11.8 Å². The highest BCUT2D eigenvalue weighted by Crippen LogP contribution is 2.71. The lowest BCUT2D eigenvalue weighted by Crippen LogP contribution is -2.85. The Morgan fingerprint density at radius 2 is 1.53 bits per heavy atom. The van der Waals surface area contributed by atoms with E-state index in [4.69, 9.17) is 0 Å². The molecule has 13 atom stereocenters. The van der Waals surface area contributed by atoms with Crippen molar-refractivity contribution in [3.05, 3.63) is 0 Å². The predicted octanol–water partition coefficient (Wildman–Crippen LogP) is -0.683. The minimum absolute atomic E-state index is 0.179. The van der Waals surface area contributed by atoms with Crippen LogP contribution in [0.2, 0.25) is 0 Å². The fourth-order valence-electron chi connectivity index (χ4n) is 10.4. The van der Waals surface area contributed by atoms with Crippen LogP contribution in [0.3, 0.4) is 0 Å². The van der Waals surface area contributed by atoms with Gasteiger partial charge in [-0.1, -0.05) is 13.8 Å². The van der Waals surface area contributed by atoms with Gasteiger partial charge in [-0.3, -0.25) is 9.69 Å². The van der Waals surface area contributed by atoms with Crippen molar-refractivity contribution in [2.75, 3.05) is 13.1 Å². The van der Waals surface area contributed by atoms with Crippen molar-refractivity contribution < 1.29 is 40.5 Å². The van der Waals surface area contributed by atoms with Crippen LogP contribution in [-0.4, -0.2) is 106 Å². The molecule has 9 nitrogen and oxygen atoms in total. The number of carbonyl (C=O) groups is 1. The molecule has 0 radical (unpaired) electrons. The summed E-state index contributed by atoms with van der Waals surface area (Å²) in [6.07, 6.45) is -0.498. The molecule has 7 N–H and O–H groups in total. The summed E-state index contributed by atoms with van der Waals surface area (Å²) >= 11 is 0. The molecule has 0 aromatic heterocycles. The maximum atomic E-state index is 13.0. The molecule has 2 aliphatic heterocycles. The lowest BCUT2D eigenvalue weighted by atomic mass is 9.48. The smallest absolute Gasteiger partial charge is 0.164 e. The van der Waals surface area contributed by atoms with Crippen LogP contribution in [0.25, 0.3) is 0 Å². The molecular weight excluding hydrogens is 466 g/mol. The molecule has 0 amide bonds. The van der Waals surface area contributed by atoms with Gasteiger partial charge in [0.2, 0.25) is 0 Å². The van der Waals surface area contributed by atoms with Crippen LogP contribution < -0.4 is 0 Å². The van der Waals surface area contributed by atoms with Crippen molar-refractivity contribution in [3.63, 3.8) is 0 Å². The fourth-order valence-corrected chi connectivity index (χ4v) is 10.4. The number of aliphatic hydroxyl groups excluding tert-OH is 2. The van der Waals surface area contributed by atoms with E-state index in [-0.39, 0.29) is 38.0 Å². The molecule has 9 heteroatoms. The monoisotopic (exact) mass is 509 g/mol. The number of aliphatic hydroxyl groups is 7. The maximum Gasteiger partial charge on any atom is 0.164 e. The molecule has 2 heterocycles. The first-order valence-corrected chi connectivity index (χ1v) is 13.8. The maximum absolute atomic E-state index is 13.0. The summed E-state index contributed by atoms with van der Waals surface area (Å²) in [5.41, 5.74) is -10.4. The molecule has 36 heavy (non-hydrogen) atoms. The third-order valence-electron chi connectivity index (χ3n) is 12.5. The Morgan fingerprint density at radius 1 is 0.833 bits per heavy atom. The van der Waals surface area contributed by atoms with E-state index in [1.54, 1.807) is 0 Å². The van der Waals surface area contributed by atoms with Crippen LogP contribution in [0.1, 0.15) is 72.1 Å². The number of carbonyl (C=O) groups excluding carboxylic acids is 1. The first-order valence-electron chi connectivity index (χ1n) is 13.8. The van der Waals surface area contributed by atoms with Crippen LogP contribution in [0, 0.1) is 29.1 Å². The summed E-state index contributed by atoms with van der Waals surface area (Å²) in [6.45, 7) is 6.31. The van der Waals surface area contributed by atoms with Gasteiger partial charge in [0.15, 0.2) is 5.78 Å². The summed E-state index contributed by atoms with van der Waals surface area (Å²) in [5, 5.41) is 82.9. The summed E-state index contributed by atoms with van der Waals surface area (Å²) in [6, 6.07) is -0.398. The number of Topliss-reactive ketones (excluding diaryl/α,β-unsaturated/α-hetero) is 1. The van der Waals surface area contributed by atoms with Crippen molar-refractivity contribution in [2.24, 2.45) is 29.1 Å². The lowest BCUT2D eigenvalue weighted by Gasteiger charge is -2.68. The molecule has 0 aromatic carbocycles. The molecule has 6 fully saturated rings. The average Bonchev–Trinajstić information content (AvgIpc) is 2.97. The summed E-state index contributed by atoms with van der Waals surface area (Å²) < 4.78 is 0. The van der Waals surface area contributed by atoms with Crippen LogP contribution >= 0.6 is 0 Å². The molecule has 0 spiro atoms. The van der Waals surface area contributed by atoms with E-state index in [1.165, 1.54) is 6.92 Å². The van der Waals surface area contributed by atoms with E-state index < -0.39 is 69.4 Å². The first kappa shape index (κ1) is 25.6.